The lowest BCUT2D eigenvalue weighted by atomic mass is 9.84. The lowest BCUT2D eigenvalue weighted by molar-refractivity contribution is -0.144. The van der Waals surface area contributed by atoms with Crippen molar-refractivity contribution in [2.45, 2.75) is 25.3 Å². The normalized spacial score (nSPS) is 30.4. The molecule has 4 unspecified atom stereocenters. The maximum absolute atomic E-state index is 13.1. The van der Waals surface area contributed by atoms with Crippen LogP contribution in [0.3, 0.4) is 0 Å². The average molecular weight is 356 g/mol. The van der Waals surface area contributed by atoms with Gasteiger partial charge in [-0.25, -0.2) is 4.39 Å². The van der Waals surface area contributed by atoms with Crippen LogP contribution in [-0.2, 0) is 4.79 Å². The fourth-order valence-corrected chi connectivity index (χ4v) is 4.29. The van der Waals surface area contributed by atoms with Gasteiger partial charge in [-0.15, -0.1) is 0 Å². The Morgan fingerprint density at radius 2 is 2.00 bits per heavy atom. The van der Waals surface area contributed by atoms with Crippen LogP contribution in [0.1, 0.15) is 29.6 Å². The van der Waals surface area contributed by atoms with E-state index in [1.54, 1.807) is 0 Å². The third kappa shape index (κ3) is 2.57. The van der Waals surface area contributed by atoms with E-state index in [9.17, 15) is 19.1 Å². The van der Waals surface area contributed by atoms with E-state index < -0.39 is 17.7 Å². The Balaban J connectivity index is 1.79. The van der Waals surface area contributed by atoms with Gasteiger partial charge in [0.25, 0.3) is 5.91 Å². The van der Waals surface area contributed by atoms with E-state index in [2.05, 4.69) is 21.2 Å². The van der Waals surface area contributed by atoms with Gasteiger partial charge < -0.3 is 10.4 Å². The Kier molecular flexibility index (Phi) is 3.73. The highest BCUT2D eigenvalue weighted by molar-refractivity contribution is 9.10. The standard InChI is InChI=1S/C15H15BrFNO3/c16-11-6-9(17)3-4-10(11)14(19)18-13-8-2-1-7(5-8)12(13)15(20)21/h3-4,6-8,12-13H,1-2,5H2,(H,18,19)(H,20,21). The van der Waals surface area contributed by atoms with Crippen LogP contribution in [0.4, 0.5) is 4.39 Å². The largest absolute Gasteiger partial charge is 0.481 e. The van der Waals surface area contributed by atoms with Crippen molar-refractivity contribution in [3.8, 4) is 0 Å². The van der Waals surface area contributed by atoms with Gasteiger partial charge in [-0.05, 0) is 65.2 Å². The molecule has 3 rings (SSSR count). The number of hydrogen-bond donors (Lipinski definition) is 2. The molecule has 1 aromatic rings. The summed E-state index contributed by atoms with van der Waals surface area (Å²) in [5.41, 5.74) is 0.323. The predicted octanol–water partition coefficient (Wildman–Crippen LogP) is 2.82. The molecule has 2 bridgehead atoms. The van der Waals surface area contributed by atoms with Crippen LogP contribution in [0.2, 0.25) is 0 Å². The smallest absolute Gasteiger partial charge is 0.308 e. The van der Waals surface area contributed by atoms with Gasteiger partial charge in [0, 0.05) is 10.5 Å². The van der Waals surface area contributed by atoms with Crippen LogP contribution >= 0.6 is 15.9 Å². The summed E-state index contributed by atoms with van der Waals surface area (Å²) in [5.74, 6) is -1.74. The SMILES string of the molecule is O=C(NC1C2CCC(C2)C1C(=O)O)c1ccc(F)cc1Br. The van der Waals surface area contributed by atoms with E-state index >= 15 is 0 Å². The van der Waals surface area contributed by atoms with Gasteiger partial charge in [-0.2, -0.15) is 0 Å². The van der Waals surface area contributed by atoms with Crippen molar-refractivity contribution >= 4 is 27.8 Å². The Labute approximate surface area is 129 Å². The summed E-state index contributed by atoms with van der Waals surface area (Å²) in [7, 11) is 0. The molecular weight excluding hydrogens is 341 g/mol. The van der Waals surface area contributed by atoms with Crippen molar-refractivity contribution in [1.29, 1.82) is 0 Å². The van der Waals surface area contributed by atoms with E-state index in [0.717, 1.165) is 19.3 Å². The lowest BCUT2D eigenvalue weighted by Crippen LogP contribution is -2.46. The zero-order valence-corrected chi connectivity index (χ0v) is 12.8. The van der Waals surface area contributed by atoms with E-state index in [1.165, 1.54) is 18.2 Å². The van der Waals surface area contributed by atoms with E-state index in [-0.39, 0.29) is 23.8 Å². The number of aliphatic carboxylic acids is 1. The molecule has 1 amide bonds. The lowest BCUT2D eigenvalue weighted by Gasteiger charge is -2.29. The number of benzene rings is 1. The molecule has 4 nitrogen and oxygen atoms in total. The van der Waals surface area contributed by atoms with Crippen molar-refractivity contribution in [2.24, 2.45) is 17.8 Å². The van der Waals surface area contributed by atoms with Crippen LogP contribution in [-0.4, -0.2) is 23.0 Å². The first-order chi connectivity index (χ1) is 9.97. The summed E-state index contributed by atoms with van der Waals surface area (Å²) < 4.78 is 13.4. The summed E-state index contributed by atoms with van der Waals surface area (Å²) in [6.45, 7) is 0. The number of carboxylic acids is 1. The van der Waals surface area contributed by atoms with Gasteiger partial charge in [-0.1, -0.05) is 0 Å². The van der Waals surface area contributed by atoms with E-state index in [4.69, 9.17) is 0 Å². The highest BCUT2D eigenvalue weighted by Crippen LogP contribution is 2.48. The molecule has 6 heteroatoms. The molecule has 2 saturated carbocycles. The van der Waals surface area contributed by atoms with Crippen LogP contribution in [0, 0.1) is 23.6 Å². The molecule has 21 heavy (non-hydrogen) atoms. The average Bonchev–Trinajstić information content (AvgIpc) is 2.98. The predicted molar refractivity (Wildman–Crippen MR) is 77.3 cm³/mol. The minimum absolute atomic E-state index is 0.162. The molecule has 1 aromatic carbocycles. The second-order valence-electron chi connectivity index (χ2n) is 5.82. The first kappa shape index (κ1) is 14.5. The number of carbonyl (C=O) groups is 2. The number of hydrogen-bond acceptors (Lipinski definition) is 2. The third-order valence-electron chi connectivity index (χ3n) is 4.68. The van der Waals surface area contributed by atoms with Crippen molar-refractivity contribution in [1.82, 2.24) is 5.32 Å². The van der Waals surface area contributed by atoms with Crippen molar-refractivity contribution in [3.63, 3.8) is 0 Å². The van der Waals surface area contributed by atoms with Crippen LogP contribution < -0.4 is 5.32 Å². The first-order valence-corrected chi connectivity index (χ1v) is 7.75. The summed E-state index contributed by atoms with van der Waals surface area (Å²) in [4.78, 5) is 23.7. The zero-order valence-electron chi connectivity index (χ0n) is 11.2. The van der Waals surface area contributed by atoms with Gasteiger partial charge in [0.05, 0.1) is 11.5 Å². The van der Waals surface area contributed by atoms with Crippen LogP contribution in [0.25, 0.3) is 0 Å². The van der Waals surface area contributed by atoms with Crippen LogP contribution in [0.15, 0.2) is 22.7 Å². The number of amides is 1. The zero-order chi connectivity index (χ0) is 15.1. The minimum atomic E-state index is -0.842. The maximum atomic E-state index is 13.1. The third-order valence-corrected chi connectivity index (χ3v) is 5.33. The summed E-state index contributed by atoms with van der Waals surface area (Å²) >= 11 is 3.16. The van der Waals surface area contributed by atoms with Crippen molar-refractivity contribution < 1.29 is 19.1 Å². The molecule has 0 saturated heterocycles. The number of halogens is 2. The molecule has 2 aliphatic carbocycles. The minimum Gasteiger partial charge on any atom is -0.481 e. The number of carboxylic acid groups (broad SMARTS) is 1. The van der Waals surface area contributed by atoms with Crippen molar-refractivity contribution in [2.75, 3.05) is 0 Å². The Hall–Kier alpha value is -1.43. The molecule has 2 fully saturated rings. The number of nitrogens with one attached hydrogen (secondary N) is 1. The molecule has 112 valence electrons. The topological polar surface area (TPSA) is 66.4 Å². The van der Waals surface area contributed by atoms with E-state index in [1.807, 2.05) is 0 Å². The number of carbonyl (C=O) groups excluding carboxylic acids is 1. The number of fused-ring (bicyclic) bond motifs is 2. The van der Waals surface area contributed by atoms with Gasteiger partial charge in [-0.3, -0.25) is 9.59 Å². The fraction of sp³-hybridized carbons (Fsp3) is 0.467. The molecule has 2 aliphatic rings. The summed E-state index contributed by atoms with van der Waals surface area (Å²) in [5, 5.41) is 12.2. The highest BCUT2D eigenvalue weighted by Gasteiger charge is 2.51. The fourth-order valence-electron chi connectivity index (χ4n) is 3.76. The quantitative estimate of drug-likeness (QED) is 0.875. The molecule has 0 radical (unpaired) electrons. The van der Waals surface area contributed by atoms with Gasteiger partial charge in [0.15, 0.2) is 0 Å². The number of rotatable bonds is 3. The molecule has 0 aromatic heterocycles. The van der Waals surface area contributed by atoms with Gasteiger partial charge >= 0.3 is 5.97 Å². The van der Waals surface area contributed by atoms with Crippen LogP contribution in [0.5, 0.6) is 0 Å². The van der Waals surface area contributed by atoms with Gasteiger partial charge in [0.2, 0.25) is 0 Å². The second kappa shape index (κ2) is 5.40. The monoisotopic (exact) mass is 355 g/mol. The van der Waals surface area contributed by atoms with Gasteiger partial charge in [0.1, 0.15) is 5.82 Å². The Bertz CT molecular complexity index is 607. The molecule has 4 atom stereocenters. The molecule has 0 aliphatic heterocycles. The molecule has 2 N–H and O–H groups in total. The molecule has 0 heterocycles. The molecule has 0 spiro atoms. The summed E-state index contributed by atoms with van der Waals surface area (Å²) in [6.07, 6.45) is 2.75. The second-order valence-corrected chi connectivity index (χ2v) is 6.67. The summed E-state index contributed by atoms with van der Waals surface area (Å²) in [6, 6.07) is 3.52. The Morgan fingerprint density at radius 3 is 2.67 bits per heavy atom. The van der Waals surface area contributed by atoms with E-state index in [0.29, 0.717) is 10.0 Å². The maximum Gasteiger partial charge on any atom is 0.308 e. The van der Waals surface area contributed by atoms with Crippen molar-refractivity contribution in [3.05, 3.63) is 34.1 Å². The molecular formula is C15H15BrFNO3. The Morgan fingerprint density at radius 1 is 1.29 bits per heavy atom. The first-order valence-electron chi connectivity index (χ1n) is 6.96. The highest BCUT2D eigenvalue weighted by atomic mass is 79.9.